The van der Waals surface area contributed by atoms with E-state index >= 15 is 0 Å². The van der Waals surface area contributed by atoms with Gasteiger partial charge in [0, 0.05) is 12.3 Å². The highest BCUT2D eigenvalue weighted by Gasteiger charge is 1.83. The van der Waals surface area contributed by atoms with Crippen molar-refractivity contribution in [2.75, 3.05) is 0 Å². The molecular formula is C4H10N4S. The second-order valence-corrected chi connectivity index (χ2v) is 2.05. The maximum atomic E-state index is 5.31. The molecule has 0 amide bonds. The zero-order chi connectivity index (χ0) is 7.28. The molecule has 0 aliphatic heterocycles. The number of nitrogens with one attached hydrogen (secondary N) is 1. The summed E-state index contributed by atoms with van der Waals surface area (Å²) in [5, 5.41) is 3.75. The second kappa shape index (κ2) is 4.22. The highest BCUT2D eigenvalue weighted by molar-refractivity contribution is 7.80. The maximum Gasteiger partial charge on any atom is 0.184 e. The third kappa shape index (κ3) is 7.32. The Kier molecular flexibility index (Phi) is 3.90. The lowest BCUT2D eigenvalue weighted by atomic mass is 10.4. The highest BCUT2D eigenvalue weighted by Crippen LogP contribution is 1.65. The molecule has 0 spiro atoms. The fraction of sp³-hybridized carbons (Fsp3) is 0.500. The highest BCUT2D eigenvalue weighted by atomic mass is 32.1. The van der Waals surface area contributed by atoms with Gasteiger partial charge in [-0.1, -0.05) is 0 Å². The minimum atomic E-state index is -0.0770. The van der Waals surface area contributed by atoms with Gasteiger partial charge in [-0.15, -0.1) is 0 Å². The Hall–Kier alpha value is -0.680. The van der Waals surface area contributed by atoms with Crippen molar-refractivity contribution >= 4 is 23.5 Å². The van der Waals surface area contributed by atoms with Crippen LogP contribution in [0.1, 0.15) is 6.92 Å². The van der Waals surface area contributed by atoms with Crippen LogP contribution in [0.4, 0.5) is 0 Å². The van der Waals surface area contributed by atoms with Gasteiger partial charge >= 0.3 is 0 Å². The maximum absolute atomic E-state index is 5.31. The van der Waals surface area contributed by atoms with Crippen molar-refractivity contribution in [1.29, 1.82) is 0 Å². The predicted molar refractivity (Wildman–Crippen MR) is 42.1 cm³/mol. The molecule has 4 nitrogen and oxygen atoms in total. The average Bonchev–Trinajstić information content (AvgIpc) is 1.63. The van der Waals surface area contributed by atoms with Gasteiger partial charge in [0.15, 0.2) is 5.11 Å². The van der Waals surface area contributed by atoms with Crippen LogP contribution in [-0.2, 0) is 0 Å². The van der Waals surface area contributed by atoms with E-state index in [9.17, 15) is 0 Å². The Morgan fingerprint density at radius 2 is 2.44 bits per heavy atom. The molecule has 0 aromatic rings. The van der Waals surface area contributed by atoms with Crippen molar-refractivity contribution in [3.8, 4) is 0 Å². The molecule has 0 fully saturated rings. The van der Waals surface area contributed by atoms with Crippen LogP contribution in [0.25, 0.3) is 0 Å². The summed E-state index contributed by atoms with van der Waals surface area (Å²) in [6, 6.07) is -0.0770. The number of thiocarbonyl (C=S) groups is 1. The van der Waals surface area contributed by atoms with Gasteiger partial charge in [-0.3, -0.25) is 5.43 Å². The van der Waals surface area contributed by atoms with Crippen LogP contribution >= 0.6 is 12.2 Å². The van der Waals surface area contributed by atoms with Crippen molar-refractivity contribution in [3.05, 3.63) is 0 Å². The van der Waals surface area contributed by atoms with Gasteiger partial charge in [-0.05, 0) is 19.1 Å². The van der Waals surface area contributed by atoms with Gasteiger partial charge in [0.1, 0.15) is 0 Å². The van der Waals surface area contributed by atoms with Crippen LogP contribution in [0.5, 0.6) is 0 Å². The summed E-state index contributed by atoms with van der Waals surface area (Å²) in [7, 11) is 0. The molecule has 0 aromatic heterocycles. The van der Waals surface area contributed by atoms with Crippen molar-refractivity contribution in [1.82, 2.24) is 5.43 Å². The summed E-state index contributed by atoms with van der Waals surface area (Å²) < 4.78 is 0. The summed E-state index contributed by atoms with van der Waals surface area (Å²) in [6.45, 7) is 1.80. The summed E-state index contributed by atoms with van der Waals surface area (Å²) in [5.41, 5.74) is 12.7. The Labute approximate surface area is 59.3 Å². The number of nitrogens with two attached hydrogens (primary N) is 2. The summed E-state index contributed by atoms with van der Waals surface area (Å²) in [5.74, 6) is 0. The summed E-state index contributed by atoms with van der Waals surface area (Å²) >= 11 is 4.46. The molecule has 0 aliphatic rings. The van der Waals surface area contributed by atoms with E-state index in [1.165, 1.54) is 6.21 Å². The molecule has 1 atom stereocenters. The minimum Gasteiger partial charge on any atom is -0.375 e. The quantitative estimate of drug-likeness (QED) is 0.269. The van der Waals surface area contributed by atoms with Gasteiger partial charge in [0.2, 0.25) is 0 Å². The molecule has 0 rings (SSSR count). The first-order valence-corrected chi connectivity index (χ1v) is 2.88. The third-order valence-electron chi connectivity index (χ3n) is 0.484. The molecule has 0 bridgehead atoms. The SMILES string of the molecule is CC(N)C=NNC(N)=S. The van der Waals surface area contributed by atoms with Crippen LogP contribution in [0.2, 0.25) is 0 Å². The van der Waals surface area contributed by atoms with E-state index in [2.05, 4.69) is 22.7 Å². The minimum absolute atomic E-state index is 0.0770. The monoisotopic (exact) mass is 146 g/mol. The Morgan fingerprint density at radius 1 is 1.89 bits per heavy atom. The Bertz CT molecular complexity index is 120. The number of hydrogen-bond donors (Lipinski definition) is 3. The first-order valence-electron chi connectivity index (χ1n) is 2.47. The molecule has 9 heavy (non-hydrogen) atoms. The number of rotatable bonds is 2. The van der Waals surface area contributed by atoms with E-state index in [-0.39, 0.29) is 11.2 Å². The van der Waals surface area contributed by atoms with Crippen molar-refractivity contribution < 1.29 is 0 Å². The standard InChI is InChI=1S/C4H10N4S/c1-3(5)2-7-8-4(6)9/h2-3H,5H2,1H3,(H3,6,8,9). The van der Waals surface area contributed by atoms with E-state index < -0.39 is 0 Å². The van der Waals surface area contributed by atoms with E-state index in [0.717, 1.165) is 0 Å². The molecule has 0 heterocycles. The molecule has 0 radical (unpaired) electrons. The summed E-state index contributed by atoms with van der Waals surface area (Å²) in [4.78, 5) is 0. The van der Waals surface area contributed by atoms with Gasteiger partial charge in [0.05, 0.1) is 0 Å². The van der Waals surface area contributed by atoms with Gasteiger partial charge in [0.25, 0.3) is 0 Å². The van der Waals surface area contributed by atoms with Crippen molar-refractivity contribution in [3.63, 3.8) is 0 Å². The lowest BCUT2D eigenvalue weighted by Crippen LogP contribution is -2.26. The molecule has 5 heteroatoms. The Balaban J connectivity index is 3.36. The zero-order valence-corrected chi connectivity index (χ0v) is 5.98. The van der Waals surface area contributed by atoms with E-state index in [4.69, 9.17) is 11.5 Å². The first kappa shape index (κ1) is 8.32. The molecule has 0 saturated carbocycles. The average molecular weight is 146 g/mol. The molecule has 0 aromatic carbocycles. The molecule has 0 saturated heterocycles. The molecule has 0 aliphatic carbocycles. The van der Waals surface area contributed by atoms with Crippen LogP contribution in [0.3, 0.4) is 0 Å². The fourth-order valence-corrected chi connectivity index (χ4v) is 0.271. The van der Waals surface area contributed by atoms with Crippen molar-refractivity contribution in [2.24, 2.45) is 16.6 Å². The zero-order valence-electron chi connectivity index (χ0n) is 5.16. The number of nitrogens with zero attached hydrogens (tertiary/aromatic N) is 1. The van der Waals surface area contributed by atoms with Crippen LogP contribution < -0.4 is 16.9 Å². The van der Waals surface area contributed by atoms with Crippen molar-refractivity contribution in [2.45, 2.75) is 13.0 Å². The molecule has 5 N–H and O–H groups in total. The lowest BCUT2D eigenvalue weighted by Gasteiger charge is -1.94. The number of hydrazone groups is 1. The Morgan fingerprint density at radius 3 is 2.78 bits per heavy atom. The van der Waals surface area contributed by atoms with E-state index in [1.807, 2.05) is 0 Å². The van der Waals surface area contributed by atoms with Gasteiger partial charge in [-0.25, -0.2) is 0 Å². The van der Waals surface area contributed by atoms with Crippen LogP contribution in [0, 0.1) is 0 Å². The van der Waals surface area contributed by atoms with Gasteiger partial charge < -0.3 is 11.5 Å². The lowest BCUT2D eigenvalue weighted by molar-refractivity contribution is 0.954. The normalized spacial score (nSPS) is 13.6. The first-order chi connectivity index (χ1) is 4.13. The third-order valence-corrected chi connectivity index (χ3v) is 0.576. The fourth-order valence-electron chi connectivity index (χ4n) is 0.218. The molecule has 52 valence electrons. The van der Waals surface area contributed by atoms with E-state index in [0.29, 0.717) is 0 Å². The van der Waals surface area contributed by atoms with E-state index in [1.54, 1.807) is 6.92 Å². The largest absolute Gasteiger partial charge is 0.375 e. The smallest absolute Gasteiger partial charge is 0.184 e. The molecule has 1 unspecified atom stereocenters. The number of hydrogen-bond acceptors (Lipinski definition) is 3. The predicted octanol–water partition coefficient (Wildman–Crippen LogP) is -0.847. The topological polar surface area (TPSA) is 76.4 Å². The molecular weight excluding hydrogens is 136 g/mol. The van der Waals surface area contributed by atoms with Crippen LogP contribution in [-0.4, -0.2) is 17.4 Å². The van der Waals surface area contributed by atoms with Gasteiger partial charge in [-0.2, -0.15) is 5.10 Å². The van der Waals surface area contributed by atoms with Crippen LogP contribution in [0.15, 0.2) is 5.10 Å². The second-order valence-electron chi connectivity index (χ2n) is 1.61. The summed E-state index contributed by atoms with van der Waals surface area (Å²) in [6.07, 6.45) is 1.51.